The van der Waals surface area contributed by atoms with E-state index in [4.69, 9.17) is 5.73 Å². The van der Waals surface area contributed by atoms with E-state index in [0.717, 1.165) is 6.42 Å². The first-order chi connectivity index (χ1) is 4.39. The van der Waals surface area contributed by atoms with Crippen molar-refractivity contribution in [2.24, 2.45) is 11.7 Å². The molecule has 10 heavy (non-hydrogen) atoms. The smallest absolute Gasteiger partial charge is 0.154 e. The van der Waals surface area contributed by atoms with Gasteiger partial charge in [-0.25, -0.2) is 0 Å². The van der Waals surface area contributed by atoms with Crippen molar-refractivity contribution in [3.8, 4) is 0 Å². The zero-order valence-corrected chi connectivity index (χ0v) is 7.27. The van der Waals surface area contributed by atoms with Crippen LogP contribution < -0.4 is 5.73 Å². The molecule has 0 aromatic carbocycles. The molecular formula is C8H17NO. The normalized spacial score (nSPS) is 14.9. The first kappa shape index (κ1) is 9.63. The van der Waals surface area contributed by atoms with Crippen LogP contribution in [-0.4, -0.2) is 11.3 Å². The van der Waals surface area contributed by atoms with E-state index in [1.807, 2.05) is 13.8 Å². The van der Waals surface area contributed by atoms with Gasteiger partial charge in [0.1, 0.15) is 0 Å². The second kappa shape index (κ2) is 3.15. The Labute approximate surface area is 62.8 Å². The van der Waals surface area contributed by atoms with Gasteiger partial charge in [0, 0.05) is 5.92 Å². The van der Waals surface area contributed by atoms with Gasteiger partial charge in [-0.2, -0.15) is 0 Å². The summed E-state index contributed by atoms with van der Waals surface area (Å²) in [5, 5.41) is 0. The fourth-order valence-electron chi connectivity index (χ4n) is 0.820. The van der Waals surface area contributed by atoms with E-state index in [-0.39, 0.29) is 11.7 Å². The van der Waals surface area contributed by atoms with Crippen molar-refractivity contribution in [1.29, 1.82) is 0 Å². The Morgan fingerprint density at radius 1 is 1.60 bits per heavy atom. The number of hydrogen-bond acceptors (Lipinski definition) is 2. The zero-order chi connectivity index (χ0) is 8.36. The maximum absolute atomic E-state index is 11.3. The monoisotopic (exact) mass is 143 g/mol. The molecule has 1 unspecified atom stereocenters. The average Bonchev–Trinajstić information content (AvgIpc) is 1.83. The minimum atomic E-state index is -0.657. The zero-order valence-electron chi connectivity index (χ0n) is 7.27. The topological polar surface area (TPSA) is 43.1 Å². The summed E-state index contributed by atoms with van der Waals surface area (Å²) in [5.41, 5.74) is 4.95. The predicted octanol–water partition coefficient (Wildman–Crippen LogP) is 1.34. The molecule has 0 aliphatic rings. The third-order valence-corrected chi connectivity index (χ3v) is 1.70. The Morgan fingerprint density at radius 3 is 2.10 bits per heavy atom. The lowest BCUT2D eigenvalue weighted by atomic mass is 9.89. The van der Waals surface area contributed by atoms with Gasteiger partial charge in [0.25, 0.3) is 0 Å². The van der Waals surface area contributed by atoms with Crippen LogP contribution >= 0.6 is 0 Å². The van der Waals surface area contributed by atoms with Gasteiger partial charge in [-0.1, -0.05) is 13.8 Å². The SMILES string of the molecule is CCC(C)C(=O)C(C)(C)N. The van der Waals surface area contributed by atoms with E-state index in [1.54, 1.807) is 13.8 Å². The van der Waals surface area contributed by atoms with Crippen LogP contribution in [0, 0.1) is 5.92 Å². The molecule has 2 nitrogen and oxygen atoms in total. The lowest BCUT2D eigenvalue weighted by Crippen LogP contribution is -2.44. The van der Waals surface area contributed by atoms with Crippen molar-refractivity contribution in [1.82, 2.24) is 0 Å². The number of hydrogen-bond donors (Lipinski definition) is 1. The van der Waals surface area contributed by atoms with Crippen LogP contribution in [-0.2, 0) is 4.79 Å². The second-order valence-corrected chi connectivity index (χ2v) is 3.40. The number of rotatable bonds is 3. The van der Waals surface area contributed by atoms with Gasteiger partial charge >= 0.3 is 0 Å². The Morgan fingerprint density at radius 2 is 2.00 bits per heavy atom. The molecule has 2 N–H and O–H groups in total. The molecule has 0 aliphatic heterocycles. The summed E-state index contributed by atoms with van der Waals surface area (Å²) in [6, 6.07) is 0. The van der Waals surface area contributed by atoms with Crippen LogP contribution in [0.15, 0.2) is 0 Å². The Hall–Kier alpha value is -0.370. The van der Waals surface area contributed by atoms with Crippen molar-refractivity contribution < 1.29 is 4.79 Å². The van der Waals surface area contributed by atoms with Crippen molar-refractivity contribution in [3.63, 3.8) is 0 Å². The molecule has 0 fully saturated rings. The molecule has 0 bridgehead atoms. The summed E-state index contributed by atoms with van der Waals surface area (Å²) in [5.74, 6) is 0.245. The quantitative estimate of drug-likeness (QED) is 0.647. The van der Waals surface area contributed by atoms with Gasteiger partial charge in [-0.3, -0.25) is 4.79 Å². The summed E-state index contributed by atoms with van der Waals surface area (Å²) in [6.45, 7) is 7.41. The molecule has 2 heteroatoms. The second-order valence-electron chi connectivity index (χ2n) is 3.40. The summed E-state index contributed by atoms with van der Waals surface area (Å²) in [7, 11) is 0. The number of carbonyl (C=O) groups is 1. The fraction of sp³-hybridized carbons (Fsp3) is 0.875. The highest BCUT2D eigenvalue weighted by Crippen LogP contribution is 2.10. The Balaban J connectivity index is 4.09. The molecule has 0 aromatic heterocycles. The summed E-state index contributed by atoms with van der Waals surface area (Å²) >= 11 is 0. The molecule has 0 aliphatic carbocycles. The summed E-state index contributed by atoms with van der Waals surface area (Å²) < 4.78 is 0. The van der Waals surface area contributed by atoms with Crippen molar-refractivity contribution in [2.45, 2.75) is 39.7 Å². The average molecular weight is 143 g/mol. The maximum Gasteiger partial charge on any atom is 0.154 e. The highest BCUT2D eigenvalue weighted by atomic mass is 16.1. The fourth-order valence-corrected chi connectivity index (χ4v) is 0.820. The van der Waals surface area contributed by atoms with Crippen molar-refractivity contribution in [3.05, 3.63) is 0 Å². The van der Waals surface area contributed by atoms with Gasteiger partial charge in [0.15, 0.2) is 5.78 Å². The lowest BCUT2D eigenvalue weighted by molar-refractivity contribution is -0.126. The standard InChI is InChI=1S/C8H17NO/c1-5-6(2)7(10)8(3,4)9/h6H,5,9H2,1-4H3. The molecule has 0 amide bonds. The first-order valence-electron chi connectivity index (χ1n) is 3.72. The van der Waals surface area contributed by atoms with E-state index in [0.29, 0.717) is 0 Å². The lowest BCUT2D eigenvalue weighted by Gasteiger charge is -2.20. The summed E-state index contributed by atoms with van der Waals surface area (Å²) in [6.07, 6.45) is 0.874. The van der Waals surface area contributed by atoms with Gasteiger partial charge in [0.05, 0.1) is 5.54 Å². The van der Waals surface area contributed by atoms with Gasteiger partial charge in [-0.15, -0.1) is 0 Å². The summed E-state index contributed by atoms with van der Waals surface area (Å²) in [4.78, 5) is 11.3. The number of carbonyl (C=O) groups excluding carboxylic acids is 1. The van der Waals surface area contributed by atoms with Gasteiger partial charge < -0.3 is 5.73 Å². The third-order valence-electron chi connectivity index (χ3n) is 1.70. The van der Waals surface area contributed by atoms with Crippen LogP contribution in [0.5, 0.6) is 0 Å². The molecule has 0 radical (unpaired) electrons. The van der Waals surface area contributed by atoms with Crippen molar-refractivity contribution in [2.75, 3.05) is 0 Å². The minimum Gasteiger partial charge on any atom is -0.319 e. The first-order valence-corrected chi connectivity index (χ1v) is 3.72. The largest absolute Gasteiger partial charge is 0.319 e. The Bertz CT molecular complexity index is 124. The number of Topliss-reactive ketones (excluding diaryl/α,β-unsaturated/α-hetero) is 1. The maximum atomic E-state index is 11.3. The molecule has 0 aromatic rings. The van der Waals surface area contributed by atoms with E-state index in [1.165, 1.54) is 0 Å². The van der Waals surface area contributed by atoms with Crippen LogP contribution in [0.4, 0.5) is 0 Å². The van der Waals surface area contributed by atoms with E-state index in [2.05, 4.69) is 0 Å². The number of ketones is 1. The Kier molecular flexibility index (Phi) is 3.03. The third kappa shape index (κ3) is 2.48. The molecule has 0 heterocycles. The molecular weight excluding hydrogens is 126 g/mol. The van der Waals surface area contributed by atoms with Crippen molar-refractivity contribution >= 4 is 5.78 Å². The number of nitrogens with two attached hydrogens (primary N) is 1. The molecule has 0 saturated heterocycles. The van der Waals surface area contributed by atoms with Crippen LogP contribution in [0.2, 0.25) is 0 Å². The van der Waals surface area contributed by atoms with E-state index in [9.17, 15) is 4.79 Å². The van der Waals surface area contributed by atoms with Crippen LogP contribution in [0.25, 0.3) is 0 Å². The van der Waals surface area contributed by atoms with Gasteiger partial charge in [-0.05, 0) is 20.3 Å². The highest BCUT2D eigenvalue weighted by molar-refractivity contribution is 5.89. The highest BCUT2D eigenvalue weighted by Gasteiger charge is 2.25. The molecule has 60 valence electrons. The van der Waals surface area contributed by atoms with Crippen LogP contribution in [0.3, 0.4) is 0 Å². The van der Waals surface area contributed by atoms with E-state index >= 15 is 0 Å². The molecule has 0 spiro atoms. The molecule has 0 saturated carbocycles. The minimum absolute atomic E-state index is 0.0972. The molecule has 1 atom stereocenters. The van der Waals surface area contributed by atoms with E-state index < -0.39 is 5.54 Å². The molecule has 0 rings (SSSR count). The van der Waals surface area contributed by atoms with Crippen LogP contribution in [0.1, 0.15) is 34.1 Å². The van der Waals surface area contributed by atoms with Gasteiger partial charge in [0.2, 0.25) is 0 Å². The predicted molar refractivity (Wildman–Crippen MR) is 42.7 cm³/mol.